The first-order chi connectivity index (χ1) is 8.24. The third-order valence-electron chi connectivity index (χ3n) is 2.76. The molecule has 0 fully saturated rings. The Morgan fingerprint density at radius 3 is 2.50 bits per heavy atom. The van der Waals surface area contributed by atoms with Gasteiger partial charge in [-0.25, -0.2) is 12.8 Å². The Kier molecular flexibility index (Phi) is 4.75. The van der Waals surface area contributed by atoms with E-state index < -0.39 is 15.5 Å². The van der Waals surface area contributed by atoms with Crippen LogP contribution in [0.5, 0.6) is 0 Å². The maximum atomic E-state index is 14.2. The first-order valence-electron chi connectivity index (χ1n) is 5.61. The predicted octanol–water partition coefficient (Wildman–Crippen LogP) is 2.54. The zero-order chi connectivity index (χ0) is 14.0. The van der Waals surface area contributed by atoms with Gasteiger partial charge in [0.05, 0.1) is 15.7 Å². The normalized spacial score (nSPS) is 15.4. The van der Waals surface area contributed by atoms with Crippen molar-refractivity contribution in [2.24, 2.45) is 0 Å². The lowest BCUT2D eigenvalue weighted by atomic mass is 9.98. The summed E-state index contributed by atoms with van der Waals surface area (Å²) >= 11 is 5.93. The van der Waals surface area contributed by atoms with Crippen LogP contribution in [0.15, 0.2) is 23.1 Å². The van der Waals surface area contributed by atoms with Crippen LogP contribution in [-0.2, 0) is 15.5 Å². The van der Waals surface area contributed by atoms with E-state index in [1.807, 2.05) is 0 Å². The molecule has 1 aromatic rings. The van der Waals surface area contributed by atoms with E-state index >= 15 is 0 Å². The molecule has 1 rings (SSSR count). The van der Waals surface area contributed by atoms with Crippen LogP contribution in [0, 0.1) is 0 Å². The average molecular weight is 294 g/mol. The topological polar surface area (TPSA) is 46.2 Å². The molecule has 0 saturated carbocycles. The molecular weight excluding hydrogens is 277 g/mol. The second kappa shape index (κ2) is 5.55. The third-order valence-corrected chi connectivity index (χ3v) is 4.97. The molecule has 0 heterocycles. The van der Waals surface area contributed by atoms with Crippen LogP contribution in [0.3, 0.4) is 0 Å². The molecule has 1 aromatic carbocycles. The zero-order valence-corrected chi connectivity index (χ0v) is 12.2. The first-order valence-corrected chi connectivity index (χ1v) is 7.64. The fraction of sp³-hybridized carbons (Fsp3) is 0.500. The Balaban J connectivity index is 3.23. The number of nitrogens with one attached hydrogen (secondary N) is 1. The van der Waals surface area contributed by atoms with Gasteiger partial charge in [-0.2, -0.15) is 0 Å². The molecule has 1 atom stereocenters. The number of likely N-dealkylation sites (N-methyl/N-ethyl adjacent to an activating group) is 1. The van der Waals surface area contributed by atoms with Gasteiger partial charge < -0.3 is 5.32 Å². The molecule has 1 N–H and O–H groups in total. The predicted molar refractivity (Wildman–Crippen MR) is 71.6 cm³/mol. The highest BCUT2D eigenvalue weighted by Crippen LogP contribution is 2.31. The highest BCUT2D eigenvalue weighted by molar-refractivity contribution is 7.91. The summed E-state index contributed by atoms with van der Waals surface area (Å²) in [5.74, 6) is -0.0323. The molecule has 0 spiro atoms. The molecule has 0 aliphatic rings. The number of sulfone groups is 1. The molecule has 0 radical (unpaired) electrons. The largest absolute Gasteiger partial charge is 0.316 e. The van der Waals surface area contributed by atoms with E-state index in [-0.39, 0.29) is 22.2 Å². The van der Waals surface area contributed by atoms with Gasteiger partial charge in [-0.3, -0.25) is 0 Å². The van der Waals surface area contributed by atoms with Crippen molar-refractivity contribution < 1.29 is 12.8 Å². The van der Waals surface area contributed by atoms with Crippen molar-refractivity contribution in [3.8, 4) is 0 Å². The van der Waals surface area contributed by atoms with Crippen LogP contribution < -0.4 is 5.32 Å². The van der Waals surface area contributed by atoms with Gasteiger partial charge in [0.15, 0.2) is 9.84 Å². The lowest BCUT2D eigenvalue weighted by molar-refractivity contribution is 0.190. The summed E-state index contributed by atoms with van der Waals surface area (Å²) < 4.78 is 37.7. The summed E-state index contributed by atoms with van der Waals surface area (Å²) in [6.07, 6.45) is 0. The van der Waals surface area contributed by atoms with Crippen molar-refractivity contribution in [2.45, 2.75) is 24.4 Å². The first kappa shape index (κ1) is 15.4. The van der Waals surface area contributed by atoms with Gasteiger partial charge in [0.25, 0.3) is 0 Å². The van der Waals surface area contributed by atoms with Crippen LogP contribution in [0.1, 0.15) is 19.4 Å². The molecule has 1 unspecified atom stereocenters. The minimum absolute atomic E-state index is 0.0323. The number of benzene rings is 1. The molecule has 0 bridgehead atoms. The molecule has 3 nitrogen and oxygen atoms in total. The van der Waals surface area contributed by atoms with Crippen LogP contribution >= 0.6 is 11.6 Å². The van der Waals surface area contributed by atoms with Gasteiger partial charge in [-0.15, -0.1) is 0 Å². The number of halogens is 2. The zero-order valence-electron chi connectivity index (χ0n) is 10.6. The van der Waals surface area contributed by atoms with Crippen molar-refractivity contribution in [1.82, 2.24) is 5.32 Å². The second-order valence-electron chi connectivity index (χ2n) is 4.28. The fourth-order valence-electron chi connectivity index (χ4n) is 1.67. The number of hydrogen-bond donors (Lipinski definition) is 1. The second-order valence-corrected chi connectivity index (χ2v) is 6.93. The van der Waals surface area contributed by atoms with Crippen molar-refractivity contribution >= 4 is 21.4 Å². The molecule has 0 amide bonds. The van der Waals surface area contributed by atoms with Crippen molar-refractivity contribution in [1.29, 1.82) is 0 Å². The van der Waals surface area contributed by atoms with Crippen molar-refractivity contribution in [3.63, 3.8) is 0 Å². The lowest BCUT2D eigenvalue weighted by Gasteiger charge is -2.21. The quantitative estimate of drug-likeness (QED) is 0.907. The van der Waals surface area contributed by atoms with E-state index in [9.17, 15) is 12.8 Å². The highest BCUT2D eigenvalue weighted by atomic mass is 35.5. The van der Waals surface area contributed by atoms with E-state index in [1.54, 1.807) is 14.0 Å². The molecular formula is C12H17ClFNO2S. The van der Waals surface area contributed by atoms with Gasteiger partial charge in [-0.1, -0.05) is 24.6 Å². The summed E-state index contributed by atoms with van der Waals surface area (Å²) in [5.41, 5.74) is -1.23. The molecule has 0 saturated heterocycles. The van der Waals surface area contributed by atoms with Crippen LogP contribution in [-0.4, -0.2) is 27.8 Å². The Morgan fingerprint density at radius 1 is 1.44 bits per heavy atom. The molecule has 102 valence electrons. The minimum Gasteiger partial charge on any atom is -0.316 e. The summed E-state index contributed by atoms with van der Waals surface area (Å²) in [7, 11) is -1.73. The Hall–Kier alpha value is -0.650. The summed E-state index contributed by atoms with van der Waals surface area (Å²) in [4.78, 5) is 0.0516. The van der Waals surface area contributed by atoms with Crippen LogP contribution in [0.4, 0.5) is 4.39 Å². The Labute approximate surface area is 112 Å². The molecule has 0 aliphatic heterocycles. The van der Waals surface area contributed by atoms with E-state index in [1.165, 1.54) is 25.1 Å². The minimum atomic E-state index is -3.37. The van der Waals surface area contributed by atoms with E-state index in [0.717, 1.165) is 0 Å². The highest BCUT2D eigenvalue weighted by Gasteiger charge is 2.27. The van der Waals surface area contributed by atoms with Gasteiger partial charge in [-0.05, 0) is 31.7 Å². The SMILES string of the molecule is CCS(=O)(=O)c1ccc(C(C)(F)CNC)cc1Cl. The molecule has 0 aromatic heterocycles. The lowest BCUT2D eigenvalue weighted by Crippen LogP contribution is -2.29. The van der Waals surface area contributed by atoms with Gasteiger partial charge in [0.1, 0.15) is 5.67 Å². The number of hydrogen-bond acceptors (Lipinski definition) is 3. The van der Waals surface area contributed by atoms with Crippen molar-refractivity contribution in [2.75, 3.05) is 19.3 Å². The molecule has 6 heteroatoms. The van der Waals surface area contributed by atoms with Gasteiger partial charge in [0.2, 0.25) is 0 Å². The van der Waals surface area contributed by atoms with E-state index in [2.05, 4.69) is 5.32 Å². The average Bonchev–Trinajstić information content (AvgIpc) is 2.28. The van der Waals surface area contributed by atoms with Gasteiger partial charge in [0, 0.05) is 6.54 Å². The van der Waals surface area contributed by atoms with Gasteiger partial charge >= 0.3 is 0 Å². The summed E-state index contributed by atoms with van der Waals surface area (Å²) in [6.45, 7) is 3.09. The standard InChI is InChI=1S/C12H17ClFNO2S/c1-4-18(16,17)11-6-5-9(7-10(11)13)12(2,14)8-15-3/h5-7,15H,4,8H2,1-3H3. The van der Waals surface area contributed by atoms with E-state index in [4.69, 9.17) is 11.6 Å². The monoisotopic (exact) mass is 293 g/mol. The maximum Gasteiger partial charge on any atom is 0.179 e. The van der Waals surface area contributed by atoms with E-state index in [0.29, 0.717) is 5.56 Å². The van der Waals surface area contributed by atoms with Crippen LogP contribution in [0.25, 0.3) is 0 Å². The molecule has 18 heavy (non-hydrogen) atoms. The number of alkyl halides is 1. The fourth-order valence-corrected chi connectivity index (χ4v) is 3.14. The smallest absolute Gasteiger partial charge is 0.179 e. The Bertz CT molecular complexity index is 529. The molecule has 0 aliphatic carbocycles. The summed E-state index contributed by atoms with van der Waals surface area (Å²) in [6, 6.07) is 4.21. The number of rotatable bonds is 5. The van der Waals surface area contributed by atoms with Crippen molar-refractivity contribution in [3.05, 3.63) is 28.8 Å². The Morgan fingerprint density at radius 2 is 2.06 bits per heavy atom. The third kappa shape index (κ3) is 3.22. The maximum absolute atomic E-state index is 14.2. The summed E-state index contributed by atoms with van der Waals surface area (Å²) in [5, 5.41) is 2.81. The van der Waals surface area contributed by atoms with Crippen LogP contribution in [0.2, 0.25) is 5.02 Å².